The minimum absolute atomic E-state index is 0.229. The van der Waals surface area contributed by atoms with Gasteiger partial charge in [0.2, 0.25) is 0 Å². The van der Waals surface area contributed by atoms with Gasteiger partial charge in [0, 0.05) is 59.6 Å². The maximum absolute atomic E-state index is 13.7. The second-order valence-electron chi connectivity index (χ2n) is 12.6. The highest BCUT2D eigenvalue weighted by atomic mass is 35.5. The van der Waals surface area contributed by atoms with Gasteiger partial charge in [0.1, 0.15) is 11.6 Å². The summed E-state index contributed by atoms with van der Waals surface area (Å²) in [7, 11) is 1.73. The lowest BCUT2D eigenvalue weighted by molar-refractivity contribution is 0.103. The van der Waals surface area contributed by atoms with E-state index in [1.54, 1.807) is 19.2 Å². The first-order valence-electron chi connectivity index (χ1n) is 15.8. The number of hydrogen-bond donors (Lipinski definition) is 1. The number of piperidine rings is 1. The molecule has 2 fully saturated rings. The van der Waals surface area contributed by atoms with Gasteiger partial charge >= 0.3 is 0 Å². The van der Waals surface area contributed by atoms with Crippen LogP contribution in [0.3, 0.4) is 0 Å². The lowest BCUT2D eigenvalue weighted by Gasteiger charge is -2.39. The molecule has 3 heterocycles. The van der Waals surface area contributed by atoms with Crippen LogP contribution in [0.25, 0.3) is 22.2 Å². The number of aromatic nitrogens is 1. The Morgan fingerprint density at radius 1 is 1.02 bits per heavy atom. The van der Waals surface area contributed by atoms with Gasteiger partial charge in [-0.2, -0.15) is 0 Å². The van der Waals surface area contributed by atoms with Gasteiger partial charge in [-0.25, -0.2) is 4.39 Å². The number of ether oxygens (including phenoxy) is 1. The van der Waals surface area contributed by atoms with E-state index in [1.807, 2.05) is 24.3 Å². The van der Waals surface area contributed by atoms with E-state index in [0.717, 1.165) is 70.0 Å². The number of halogens is 2. The van der Waals surface area contributed by atoms with E-state index in [0.29, 0.717) is 24.5 Å². The van der Waals surface area contributed by atoms with Gasteiger partial charge in [-0.3, -0.25) is 4.90 Å². The fourth-order valence-electron chi connectivity index (χ4n) is 7.53. The molecule has 4 aromatic rings. The summed E-state index contributed by atoms with van der Waals surface area (Å²) in [4.78, 5) is 2.79. The van der Waals surface area contributed by atoms with Crippen molar-refractivity contribution in [1.29, 1.82) is 0 Å². The third-order valence-electron chi connectivity index (χ3n) is 9.70. The van der Waals surface area contributed by atoms with Gasteiger partial charge in [0.15, 0.2) is 0 Å². The Morgan fingerprint density at radius 3 is 2.52 bits per heavy atom. The maximum atomic E-state index is 13.7. The summed E-state index contributed by atoms with van der Waals surface area (Å²) in [6, 6.07) is 20.5. The summed E-state index contributed by atoms with van der Waals surface area (Å²) in [5.41, 5.74) is 7.42. The standard InChI is InChI=1S/C38H43ClFN3O/c1-25(30-12-15-36(39)26(2)19-30)18-29-21-32-13-14-33(22-29)43(32)17-7-16-42-24-35(34-10-6-11-37(44-4)38(34)42)27(3)41-23-28-8-5-9-31(40)20-28/h5-6,8-12,15,19-20,24,29,32-33,41H,1,3,7,13-14,16-18,21-23H2,2,4H3. The van der Waals surface area contributed by atoms with Crippen molar-refractivity contribution in [3.63, 3.8) is 0 Å². The molecule has 4 nitrogen and oxygen atoms in total. The van der Waals surface area contributed by atoms with Crippen LogP contribution in [0.2, 0.25) is 5.02 Å². The number of allylic oxidation sites excluding steroid dienone is 1. The number of para-hydroxylation sites is 1. The zero-order valence-electron chi connectivity index (χ0n) is 25.9. The van der Waals surface area contributed by atoms with Crippen molar-refractivity contribution in [1.82, 2.24) is 14.8 Å². The average molecular weight is 612 g/mol. The van der Waals surface area contributed by atoms with Gasteiger partial charge in [-0.1, -0.05) is 61.2 Å². The van der Waals surface area contributed by atoms with Gasteiger partial charge in [-0.05, 0) is 97.9 Å². The Balaban J connectivity index is 1.09. The van der Waals surface area contributed by atoms with Crippen molar-refractivity contribution < 1.29 is 9.13 Å². The molecule has 2 atom stereocenters. The van der Waals surface area contributed by atoms with E-state index >= 15 is 0 Å². The number of aryl methyl sites for hydroxylation is 2. The monoisotopic (exact) mass is 611 g/mol. The van der Waals surface area contributed by atoms with Crippen LogP contribution >= 0.6 is 11.6 Å². The van der Waals surface area contributed by atoms with Crippen molar-refractivity contribution in [2.45, 2.75) is 70.6 Å². The van der Waals surface area contributed by atoms with Crippen LogP contribution in [0.1, 0.15) is 60.8 Å². The summed E-state index contributed by atoms with van der Waals surface area (Å²) in [5.74, 6) is 1.33. The predicted molar refractivity (Wildman–Crippen MR) is 181 cm³/mol. The smallest absolute Gasteiger partial charge is 0.143 e. The number of hydrogen-bond acceptors (Lipinski definition) is 3. The lowest BCUT2D eigenvalue weighted by atomic mass is 9.84. The van der Waals surface area contributed by atoms with Gasteiger partial charge in [-0.15, -0.1) is 0 Å². The second-order valence-corrected chi connectivity index (χ2v) is 13.0. The zero-order chi connectivity index (χ0) is 30.8. The summed E-state index contributed by atoms with van der Waals surface area (Å²) < 4.78 is 21.8. The quantitative estimate of drug-likeness (QED) is 0.173. The van der Waals surface area contributed by atoms with Crippen LogP contribution < -0.4 is 10.1 Å². The molecule has 0 radical (unpaired) electrons. The largest absolute Gasteiger partial charge is 0.495 e. The number of nitrogens with one attached hydrogen (secondary N) is 1. The maximum Gasteiger partial charge on any atom is 0.143 e. The van der Waals surface area contributed by atoms with Crippen LogP contribution in [0.5, 0.6) is 5.75 Å². The summed E-state index contributed by atoms with van der Waals surface area (Å²) >= 11 is 6.26. The zero-order valence-corrected chi connectivity index (χ0v) is 26.7. The van der Waals surface area contributed by atoms with Crippen LogP contribution in [0.4, 0.5) is 4.39 Å². The second kappa shape index (κ2) is 13.2. The van der Waals surface area contributed by atoms with E-state index < -0.39 is 0 Å². The molecule has 1 N–H and O–H groups in total. The number of methoxy groups -OCH3 is 1. The molecule has 2 unspecified atom stereocenters. The molecule has 2 aliphatic heterocycles. The first-order chi connectivity index (χ1) is 21.3. The Labute approximate surface area is 266 Å². The Morgan fingerprint density at radius 2 is 1.80 bits per heavy atom. The van der Waals surface area contributed by atoms with E-state index in [1.165, 1.54) is 42.9 Å². The van der Waals surface area contributed by atoms with E-state index in [4.69, 9.17) is 16.3 Å². The summed E-state index contributed by atoms with van der Waals surface area (Å²) in [6.45, 7) is 13.4. The van der Waals surface area contributed by atoms with Gasteiger partial charge < -0.3 is 14.6 Å². The fraction of sp³-hybridized carbons (Fsp3) is 0.368. The molecule has 0 aliphatic carbocycles. The summed E-state index contributed by atoms with van der Waals surface area (Å²) in [5, 5.41) is 5.34. The van der Waals surface area contributed by atoms with E-state index in [2.05, 4.69) is 59.3 Å². The van der Waals surface area contributed by atoms with Crippen LogP contribution in [-0.2, 0) is 13.1 Å². The third kappa shape index (κ3) is 6.45. The first kappa shape index (κ1) is 30.5. The number of fused-ring (bicyclic) bond motifs is 3. The molecule has 6 heteroatoms. The van der Waals surface area contributed by atoms with Crippen molar-refractivity contribution in [2.75, 3.05) is 13.7 Å². The third-order valence-corrected chi connectivity index (χ3v) is 10.1. The summed E-state index contributed by atoms with van der Waals surface area (Å²) in [6.07, 6.45) is 9.44. The molecule has 230 valence electrons. The Bertz CT molecular complexity index is 1660. The van der Waals surface area contributed by atoms with Crippen molar-refractivity contribution >= 4 is 33.8 Å². The van der Waals surface area contributed by atoms with Crippen molar-refractivity contribution in [3.8, 4) is 5.75 Å². The molecular formula is C38H43ClFN3O. The topological polar surface area (TPSA) is 29.4 Å². The SMILES string of the molecule is C=C(CC1CC2CCC(C1)N2CCCn1cc(C(=C)NCc2cccc(F)c2)c2cccc(OC)c21)c1ccc(Cl)c(C)c1. The van der Waals surface area contributed by atoms with Crippen molar-refractivity contribution in [3.05, 3.63) is 113 Å². The Hall–Kier alpha value is -3.54. The minimum Gasteiger partial charge on any atom is -0.495 e. The molecule has 3 aromatic carbocycles. The molecule has 0 spiro atoms. The molecular weight excluding hydrogens is 569 g/mol. The number of rotatable bonds is 12. The van der Waals surface area contributed by atoms with Crippen molar-refractivity contribution in [2.24, 2.45) is 5.92 Å². The minimum atomic E-state index is -0.229. The molecule has 44 heavy (non-hydrogen) atoms. The highest BCUT2D eigenvalue weighted by Crippen LogP contribution is 2.42. The molecule has 0 amide bonds. The normalized spacial score (nSPS) is 19.8. The van der Waals surface area contributed by atoms with E-state index in [9.17, 15) is 4.39 Å². The van der Waals surface area contributed by atoms with E-state index in [-0.39, 0.29) is 5.82 Å². The van der Waals surface area contributed by atoms with Crippen LogP contribution in [0, 0.1) is 18.7 Å². The molecule has 1 aromatic heterocycles. The average Bonchev–Trinajstić information content (AvgIpc) is 3.50. The Kier molecular flexibility index (Phi) is 9.16. The fourth-order valence-corrected chi connectivity index (χ4v) is 7.65. The molecule has 2 aliphatic rings. The highest BCUT2D eigenvalue weighted by molar-refractivity contribution is 6.31. The first-order valence-corrected chi connectivity index (χ1v) is 16.2. The molecule has 0 saturated carbocycles. The molecule has 2 saturated heterocycles. The molecule has 6 rings (SSSR count). The lowest BCUT2D eigenvalue weighted by Crippen LogP contribution is -2.43. The van der Waals surface area contributed by atoms with Gasteiger partial charge in [0.25, 0.3) is 0 Å². The predicted octanol–water partition coefficient (Wildman–Crippen LogP) is 9.25. The molecule has 2 bridgehead atoms. The highest BCUT2D eigenvalue weighted by Gasteiger charge is 2.40. The van der Waals surface area contributed by atoms with Crippen LogP contribution in [-0.4, -0.2) is 35.2 Å². The van der Waals surface area contributed by atoms with Gasteiger partial charge in [0.05, 0.1) is 12.6 Å². The number of nitrogens with zero attached hydrogens (tertiary/aromatic N) is 2. The van der Waals surface area contributed by atoms with Crippen LogP contribution in [0.15, 0.2) is 80.0 Å². The number of benzene rings is 3.